The van der Waals surface area contributed by atoms with Crippen molar-refractivity contribution < 1.29 is 8.42 Å². The fourth-order valence-corrected chi connectivity index (χ4v) is 1.37. The number of nitrogens with zero attached hydrogens (tertiary/aromatic N) is 1. The van der Waals surface area contributed by atoms with E-state index in [4.69, 9.17) is 10.7 Å². The van der Waals surface area contributed by atoms with Crippen LogP contribution in [0.4, 0.5) is 0 Å². The van der Waals surface area contributed by atoms with Crippen LogP contribution in [0.3, 0.4) is 0 Å². The third kappa shape index (κ3) is 3.95. The lowest BCUT2D eigenvalue weighted by molar-refractivity contribution is 0.615. The zero-order valence-corrected chi connectivity index (χ0v) is 7.56. The average Bonchev–Trinajstić information content (AvgIpc) is 1.87. The van der Waals surface area contributed by atoms with Crippen molar-refractivity contribution in [3.05, 3.63) is 23.3 Å². The molecule has 0 aromatic heterocycles. The molecule has 5 heteroatoms. The minimum Gasteiger partial charge on any atom is -0.272 e. The maximum Gasteiger partial charge on any atom is 0.261 e. The second kappa shape index (κ2) is 4.31. The Morgan fingerprint density at radius 3 is 2.45 bits per heavy atom. The van der Waals surface area contributed by atoms with Gasteiger partial charge in [-0.2, -0.15) is 0 Å². The highest BCUT2D eigenvalue weighted by Crippen LogP contribution is 2.12. The van der Waals surface area contributed by atoms with Crippen LogP contribution in [-0.2, 0) is 9.05 Å². The molecule has 0 aliphatic heterocycles. The van der Waals surface area contributed by atoms with Gasteiger partial charge in [-0.3, -0.25) is 4.99 Å². The third-order valence-corrected chi connectivity index (χ3v) is 2.38. The summed E-state index contributed by atoms with van der Waals surface area (Å²) in [6, 6.07) is 0. The van der Waals surface area contributed by atoms with Gasteiger partial charge in [0.1, 0.15) is 0 Å². The fraction of sp³-hybridized carbons (Fsp3) is 0.167. The lowest BCUT2D eigenvalue weighted by atomic mass is 10.5. The molecule has 0 aromatic carbocycles. The van der Waals surface area contributed by atoms with Gasteiger partial charge in [0, 0.05) is 16.9 Å². The molecule has 11 heavy (non-hydrogen) atoms. The van der Waals surface area contributed by atoms with Gasteiger partial charge in [0.25, 0.3) is 9.05 Å². The van der Waals surface area contributed by atoms with Gasteiger partial charge in [-0.25, -0.2) is 8.42 Å². The summed E-state index contributed by atoms with van der Waals surface area (Å²) in [7, 11) is 1.40. The Labute approximate surface area is 70.5 Å². The first kappa shape index (κ1) is 10.4. The molecule has 0 atom stereocenters. The van der Waals surface area contributed by atoms with E-state index in [2.05, 4.69) is 11.7 Å². The van der Waals surface area contributed by atoms with E-state index in [1.165, 1.54) is 18.4 Å². The van der Waals surface area contributed by atoms with E-state index in [9.17, 15) is 8.42 Å². The van der Waals surface area contributed by atoms with Crippen molar-refractivity contribution in [2.45, 2.75) is 6.92 Å². The monoisotopic (exact) mass is 193 g/mol. The van der Waals surface area contributed by atoms with Crippen LogP contribution in [0.5, 0.6) is 0 Å². The summed E-state index contributed by atoms with van der Waals surface area (Å²) < 4.78 is 21.3. The minimum absolute atomic E-state index is 0.0200. The molecule has 0 spiro atoms. The standard InChI is InChI=1S/C6H8ClNO2S/c1-3-6(4-5-8-2)11(7,9)10/h3-5H,2H2,1H3/b5-4-,6-3+. The van der Waals surface area contributed by atoms with Crippen LogP contribution < -0.4 is 0 Å². The fourth-order valence-electron chi connectivity index (χ4n) is 0.444. The molecule has 0 saturated carbocycles. The van der Waals surface area contributed by atoms with E-state index in [0.29, 0.717) is 0 Å². The smallest absolute Gasteiger partial charge is 0.261 e. The summed E-state index contributed by atoms with van der Waals surface area (Å²) in [5, 5.41) is 0. The molecule has 3 nitrogen and oxygen atoms in total. The first-order chi connectivity index (χ1) is 5.02. The van der Waals surface area contributed by atoms with E-state index >= 15 is 0 Å². The first-order valence-corrected chi connectivity index (χ1v) is 5.06. The number of allylic oxidation sites excluding steroid dienone is 2. The van der Waals surface area contributed by atoms with E-state index < -0.39 is 9.05 Å². The van der Waals surface area contributed by atoms with Crippen molar-refractivity contribution in [2.75, 3.05) is 0 Å². The summed E-state index contributed by atoms with van der Waals surface area (Å²) in [6.07, 6.45) is 3.91. The molecule has 0 aromatic rings. The summed E-state index contributed by atoms with van der Waals surface area (Å²) in [5.41, 5.74) is 0. The maximum atomic E-state index is 10.7. The van der Waals surface area contributed by atoms with Gasteiger partial charge in [-0.05, 0) is 19.7 Å². The Balaban J connectivity index is 4.74. The highest BCUT2D eigenvalue weighted by atomic mass is 35.7. The van der Waals surface area contributed by atoms with E-state index in [-0.39, 0.29) is 4.91 Å². The van der Waals surface area contributed by atoms with Gasteiger partial charge < -0.3 is 0 Å². The number of rotatable bonds is 3. The number of halogens is 1. The molecular weight excluding hydrogens is 186 g/mol. The molecule has 0 unspecified atom stereocenters. The summed E-state index contributed by atoms with van der Waals surface area (Å²) in [6.45, 7) is 4.72. The van der Waals surface area contributed by atoms with Crippen molar-refractivity contribution >= 4 is 26.5 Å². The molecule has 0 bridgehead atoms. The molecule has 0 N–H and O–H groups in total. The van der Waals surface area contributed by atoms with Crippen LogP contribution in [0.2, 0.25) is 0 Å². The van der Waals surface area contributed by atoms with Crippen LogP contribution in [0, 0.1) is 0 Å². The molecule has 0 saturated heterocycles. The lowest BCUT2D eigenvalue weighted by Gasteiger charge is -1.91. The SMILES string of the molecule is C=N/C=C\C(=C/C)S(=O)(=O)Cl. The van der Waals surface area contributed by atoms with Gasteiger partial charge >= 0.3 is 0 Å². The summed E-state index contributed by atoms with van der Waals surface area (Å²) >= 11 is 0. The van der Waals surface area contributed by atoms with Crippen molar-refractivity contribution in [1.29, 1.82) is 0 Å². The Bertz CT molecular complexity index is 290. The number of hydrogen-bond acceptors (Lipinski definition) is 3. The highest BCUT2D eigenvalue weighted by molar-refractivity contribution is 8.17. The Hall–Kier alpha value is -0.610. The van der Waals surface area contributed by atoms with Gasteiger partial charge in [0.05, 0.1) is 4.91 Å². The predicted molar refractivity (Wildman–Crippen MR) is 47.2 cm³/mol. The largest absolute Gasteiger partial charge is 0.272 e. The maximum absolute atomic E-state index is 10.7. The Morgan fingerprint density at radius 1 is 1.64 bits per heavy atom. The molecular formula is C6H8ClNO2S. The molecule has 0 aliphatic carbocycles. The second-order valence-electron chi connectivity index (χ2n) is 1.63. The molecule has 0 heterocycles. The normalized spacial score (nSPS) is 13.8. The van der Waals surface area contributed by atoms with Crippen molar-refractivity contribution in [3.63, 3.8) is 0 Å². The van der Waals surface area contributed by atoms with Crippen LogP contribution in [-0.4, -0.2) is 15.1 Å². The van der Waals surface area contributed by atoms with Gasteiger partial charge in [-0.1, -0.05) is 6.08 Å². The van der Waals surface area contributed by atoms with E-state index in [1.807, 2.05) is 0 Å². The van der Waals surface area contributed by atoms with E-state index in [1.54, 1.807) is 6.92 Å². The van der Waals surface area contributed by atoms with Crippen molar-refractivity contribution in [1.82, 2.24) is 0 Å². The van der Waals surface area contributed by atoms with Crippen LogP contribution >= 0.6 is 10.7 Å². The van der Waals surface area contributed by atoms with Gasteiger partial charge in [-0.15, -0.1) is 0 Å². The van der Waals surface area contributed by atoms with Crippen molar-refractivity contribution in [2.24, 2.45) is 4.99 Å². The van der Waals surface area contributed by atoms with E-state index in [0.717, 1.165) is 0 Å². The summed E-state index contributed by atoms with van der Waals surface area (Å²) in [5.74, 6) is 0. The zero-order chi connectivity index (χ0) is 8.91. The Morgan fingerprint density at radius 2 is 2.18 bits per heavy atom. The predicted octanol–water partition coefficient (Wildman–Crippen LogP) is 1.67. The van der Waals surface area contributed by atoms with Crippen LogP contribution in [0.15, 0.2) is 28.2 Å². The highest BCUT2D eigenvalue weighted by Gasteiger charge is 2.08. The zero-order valence-electron chi connectivity index (χ0n) is 5.99. The third-order valence-electron chi connectivity index (χ3n) is 0.910. The molecule has 0 radical (unpaired) electrons. The molecule has 62 valence electrons. The number of hydrogen-bond donors (Lipinski definition) is 0. The molecule has 0 fully saturated rings. The van der Waals surface area contributed by atoms with Crippen molar-refractivity contribution in [3.8, 4) is 0 Å². The van der Waals surface area contributed by atoms with Gasteiger partial charge in [0.2, 0.25) is 0 Å². The van der Waals surface area contributed by atoms with Gasteiger partial charge in [0.15, 0.2) is 0 Å². The first-order valence-electron chi connectivity index (χ1n) is 2.75. The number of aliphatic imine (C=N–C) groups is 1. The molecule has 0 amide bonds. The lowest BCUT2D eigenvalue weighted by Crippen LogP contribution is -1.90. The second-order valence-corrected chi connectivity index (χ2v) is 4.19. The summed E-state index contributed by atoms with van der Waals surface area (Å²) in [4.78, 5) is 3.36. The topological polar surface area (TPSA) is 46.5 Å². The average molecular weight is 194 g/mol. The van der Waals surface area contributed by atoms with Crippen LogP contribution in [0.25, 0.3) is 0 Å². The van der Waals surface area contributed by atoms with Crippen LogP contribution in [0.1, 0.15) is 6.92 Å². The molecule has 0 rings (SSSR count). The quantitative estimate of drug-likeness (QED) is 0.389. The molecule has 0 aliphatic rings. The minimum atomic E-state index is -3.63. The Kier molecular flexibility index (Phi) is 4.07.